The molecule has 0 saturated heterocycles. The molecule has 2 heteroatoms. The van der Waals surface area contributed by atoms with Gasteiger partial charge in [-0.25, -0.2) is 0 Å². The van der Waals surface area contributed by atoms with Crippen LogP contribution in [-0.4, -0.2) is 13.7 Å². The molecule has 0 aliphatic carbocycles. The average molecular weight is 249 g/mol. The number of hydrogen-bond acceptors (Lipinski definition) is 2. The molecule has 2 nitrogen and oxygen atoms in total. The second-order valence-corrected chi connectivity index (χ2v) is 5.46. The maximum atomic E-state index is 5.45. The van der Waals surface area contributed by atoms with E-state index in [1.165, 1.54) is 24.0 Å². The Morgan fingerprint density at radius 1 is 1.22 bits per heavy atom. The van der Waals surface area contributed by atoms with Crippen molar-refractivity contribution < 1.29 is 4.74 Å². The lowest BCUT2D eigenvalue weighted by Crippen LogP contribution is -2.20. The zero-order valence-electron chi connectivity index (χ0n) is 12.4. The molecule has 1 aromatic carbocycles. The number of nitrogens with one attached hydrogen (secondary N) is 1. The van der Waals surface area contributed by atoms with Crippen LogP contribution in [0.4, 0.5) is 0 Å². The third-order valence-electron chi connectivity index (χ3n) is 3.26. The molecule has 0 amide bonds. The summed E-state index contributed by atoms with van der Waals surface area (Å²) in [6.07, 6.45) is 2.51. The van der Waals surface area contributed by atoms with Gasteiger partial charge in [0.25, 0.3) is 0 Å². The van der Waals surface area contributed by atoms with E-state index < -0.39 is 0 Å². The van der Waals surface area contributed by atoms with Crippen molar-refractivity contribution in [2.45, 2.75) is 46.6 Å². The molecule has 0 aliphatic heterocycles. The van der Waals surface area contributed by atoms with E-state index >= 15 is 0 Å². The number of methoxy groups -OCH3 is 1. The molecule has 0 aromatic heterocycles. The summed E-state index contributed by atoms with van der Waals surface area (Å²) >= 11 is 0. The Kier molecular flexibility index (Phi) is 6.20. The van der Waals surface area contributed by atoms with Crippen molar-refractivity contribution in [3.05, 3.63) is 29.3 Å². The van der Waals surface area contributed by atoms with Gasteiger partial charge in [-0.3, -0.25) is 0 Å². The summed E-state index contributed by atoms with van der Waals surface area (Å²) in [5, 5.41) is 3.57. The highest BCUT2D eigenvalue weighted by molar-refractivity contribution is 5.38. The van der Waals surface area contributed by atoms with E-state index in [1.54, 1.807) is 7.11 Å². The summed E-state index contributed by atoms with van der Waals surface area (Å²) in [4.78, 5) is 0. The van der Waals surface area contributed by atoms with Crippen LogP contribution in [0.3, 0.4) is 0 Å². The van der Waals surface area contributed by atoms with Gasteiger partial charge in [0.1, 0.15) is 5.75 Å². The van der Waals surface area contributed by atoms with Gasteiger partial charge in [-0.1, -0.05) is 26.0 Å². The molecule has 1 rings (SSSR count). The molecular weight excluding hydrogens is 222 g/mol. The van der Waals surface area contributed by atoms with E-state index in [9.17, 15) is 0 Å². The largest absolute Gasteiger partial charge is 0.496 e. The van der Waals surface area contributed by atoms with Crippen molar-refractivity contribution in [3.8, 4) is 5.75 Å². The summed E-state index contributed by atoms with van der Waals surface area (Å²) in [5.41, 5.74) is 2.48. The molecule has 0 heterocycles. The summed E-state index contributed by atoms with van der Waals surface area (Å²) in [6, 6.07) is 6.74. The third kappa shape index (κ3) is 4.69. The van der Waals surface area contributed by atoms with Gasteiger partial charge >= 0.3 is 0 Å². The first-order valence-electron chi connectivity index (χ1n) is 6.92. The summed E-state index contributed by atoms with van der Waals surface area (Å²) in [7, 11) is 1.74. The fraction of sp³-hybridized carbons (Fsp3) is 0.625. The average Bonchev–Trinajstić information content (AvgIpc) is 2.33. The van der Waals surface area contributed by atoms with Crippen molar-refractivity contribution in [1.82, 2.24) is 5.32 Å². The van der Waals surface area contributed by atoms with Crippen molar-refractivity contribution in [2.75, 3.05) is 13.7 Å². The van der Waals surface area contributed by atoms with Gasteiger partial charge in [-0.2, -0.15) is 0 Å². The van der Waals surface area contributed by atoms with Crippen LogP contribution < -0.4 is 10.1 Å². The minimum Gasteiger partial charge on any atom is -0.496 e. The second-order valence-electron chi connectivity index (χ2n) is 5.46. The molecule has 1 unspecified atom stereocenters. The van der Waals surface area contributed by atoms with Crippen LogP contribution in [0, 0.1) is 12.8 Å². The van der Waals surface area contributed by atoms with Crippen molar-refractivity contribution in [3.63, 3.8) is 0 Å². The maximum absolute atomic E-state index is 5.45. The predicted octanol–water partition coefficient (Wildman–Crippen LogP) is 4.09. The van der Waals surface area contributed by atoms with Crippen LogP contribution in [0.5, 0.6) is 5.75 Å². The second kappa shape index (κ2) is 7.42. The van der Waals surface area contributed by atoms with E-state index in [0.29, 0.717) is 6.04 Å². The Bertz CT molecular complexity index is 360. The molecule has 0 radical (unpaired) electrons. The Morgan fingerprint density at radius 2 is 1.94 bits per heavy atom. The van der Waals surface area contributed by atoms with E-state index in [0.717, 1.165) is 18.2 Å². The number of hydrogen-bond donors (Lipinski definition) is 1. The molecule has 0 aliphatic rings. The quantitative estimate of drug-likeness (QED) is 0.735. The van der Waals surface area contributed by atoms with Gasteiger partial charge in [0.2, 0.25) is 0 Å². The van der Waals surface area contributed by atoms with Gasteiger partial charge < -0.3 is 10.1 Å². The third-order valence-corrected chi connectivity index (χ3v) is 3.26. The molecular formula is C16H27NO. The topological polar surface area (TPSA) is 21.3 Å². The highest BCUT2D eigenvalue weighted by atomic mass is 16.5. The van der Waals surface area contributed by atoms with Crippen LogP contribution in [-0.2, 0) is 0 Å². The molecule has 0 spiro atoms. The van der Waals surface area contributed by atoms with Gasteiger partial charge in [0.05, 0.1) is 7.11 Å². The lowest BCUT2D eigenvalue weighted by atomic mass is 10.0. The van der Waals surface area contributed by atoms with Crippen LogP contribution in [0.25, 0.3) is 0 Å². The Balaban J connectivity index is 2.53. The van der Waals surface area contributed by atoms with Crippen LogP contribution in [0.15, 0.2) is 18.2 Å². The first kappa shape index (κ1) is 15.0. The molecule has 18 heavy (non-hydrogen) atoms. The van der Waals surface area contributed by atoms with Gasteiger partial charge in [-0.15, -0.1) is 0 Å². The van der Waals surface area contributed by atoms with Gasteiger partial charge in [0, 0.05) is 11.6 Å². The lowest BCUT2D eigenvalue weighted by Gasteiger charge is -2.18. The SMILES string of the molecule is COc1cc(C)ccc1C(C)NCCCC(C)C. The van der Waals surface area contributed by atoms with Crippen molar-refractivity contribution in [2.24, 2.45) is 5.92 Å². The summed E-state index contributed by atoms with van der Waals surface area (Å²) in [6.45, 7) is 9.89. The van der Waals surface area contributed by atoms with Crippen LogP contribution >= 0.6 is 0 Å². The van der Waals surface area contributed by atoms with Crippen LogP contribution in [0.1, 0.15) is 50.8 Å². The predicted molar refractivity (Wildman–Crippen MR) is 78.2 cm³/mol. The van der Waals surface area contributed by atoms with E-state index in [4.69, 9.17) is 4.74 Å². The van der Waals surface area contributed by atoms with Crippen molar-refractivity contribution in [1.29, 1.82) is 0 Å². The van der Waals surface area contributed by atoms with E-state index in [2.05, 4.69) is 51.2 Å². The van der Waals surface area contributed by atoms with Gasteiger partial charge in [-0.05, 0) is 50.8 Å². The lowest BCUT2D eigenvalue weighted by molar-refractivity contribution is 0.400. The first-order chi connectivity index (χ1) is 8.54. The van der Waals surface area contributed by atoms with E-state index in [1.807, 2.05) is 0 Å². The molecule has 1 atom stereocenters. The normalized spacial score (nSPS) is 12.8. The summed E-state index contributed by atoms with van der Waals surface area (Å²) < 4.78 is 5.45. The minimum absolute atomic E-state index is 0.340. The Morgan fingerprint density at radius 3 is 2.56 bits per heavy atom. The number of ether oxygens (including phenoxy) is 1. The number of rotatable bonds is 7. The fourth-order valence-corrected chi connectivity index (χ4v) is 2.11. The fourth-order valence-electron chi connectivity index (χ4n) is 2.11. The minimum atomic E-state index is 0.340. The monoisotopic (exact) mass is 249 g/mol. The smallest absolute Gasteiger partial charge is 0.123 e. The highest BCUT2D eigenvalue weighted by Crippen LogP contribution is 2.26. The number of aryl methyl sites for hydroxylation is 1. The first-order valence-corrected chi connectivity index (χ1v) is 6.92. The Hall–Kier alpha value is -1.02. The highest BCUT2D eigenvalue weighted by Gasteiger charge is 2.10. The summed E-state index contributed by atoms with van der Waals surface area (Å²) in [5.74, 6) is 1.77. The number of benzene rings is 1. The van der Waals surface area contributed by atoms with Crippen LogP contribution in [0.2, 0.25) is 0 Å². The molecule has 0 saturated carbocycles. The van der Waals surface area contributed by atoms with Gasteiger partial charge in [0.15, 0.2) is 0 Å². The zero-order valence-corrected chi connectivity index (χ0v) is 12.4. The molecule has 1 aromatic rings. The van der Waals surface area contributed by atoms with Crippen molar-refractivity contribution >= 4 is 0 Å². The zero-order chi connectivity index (χ0) is 13.5. The van der Waals surface area contributed by atoms with E-state index in [-0.39, 0.29) is 0 Å². The Labute approximate surface area is 112 Å². The molecule has 102 valence electrons. The molecule has 1 N–H and O–H groups in total. The molecule has 0 fully saturated rings. The molecule has 0 bridgehead atoms. The maximum Gasteiger partial charge on any atom is 0.123 e. The standard InChI is InChI=1S/C16H27NO/c1-12(2)7-6-10-17-14(4)15-9-8-13(3)11-16(15)18-5/h8-9,11-12,14,17H,6-7,10H2,1-5H3.